The summed E-state index contributed by atoms with van der Waals surface area (Å²) in [4.78, 5) is 20.2. The number of nitrogens with zero attached hydrogens (tertiary/aromatic N) is 2. The number of para-hydroxylation sites is 1. The van der Waals surface area contributed by atoms with E-state index in [4.69, 9.17) is 4.98 Å². The van der Waals surface area contributed by atoms with Crippen molar-refractivity contribution in [1.82, 2.24) is 10.3 Å². The third-order valence-corrected chi connectivity index (χ3v) is 5.57. The molecule has 1 aromatic heterocycles. The van der Waals surface area contributed by atoms with E-state index in [2.05, 4.69) is 44.8 Å². The van der Waals surface area contributed by atoms with Crippen LogP contribution >= 0.6 is 0 Å². The number of nitrogens with one attached hydrogen (secondary N) is 1. The molecular weight excluding hydrogens is 322 g/mol. The maximum Gasteiger partial charge on any atom is 0.252 e. The van der Waals surface area contributed by atoms with Gasteiger partial charge in [0.15, 0.2) is 0 Å². The quantitative estimate of drug-likeness (QED) is 0.874. The molecule has 1 N–H and O–H groups in total. The van der Waals surface area contributed by atoms with Crippen LogP contribution in [0, 0.1) is 11.3 Å². The Balaban J connectivity index is 1.99. The predicted molar refractivity (Wildman–Crippen MR) is 109 cm³/mol. The van der Waals surface area contributed by atoms with Crippen LogP contribution in [0.1, 0.15) is 57.8 Å². The minimum absolute atomic E-state index is 0.0164. The Kier molecular flexibility index (Phi) is 5.22. The fourth-order valence-corrected chi connectivity index (χ4v) is 3.40. The Morgan fingerprint density at radius 1 is 1.31 bits per heavy atom. The SMILES string of the molecule is C[C@H]1CCCN(c2cc(C(=O)N[C@@H](C)C(C)(C)C)c3ccccc3n2)C1. The molecule has 1 aromatic carbocycles. The van der Waals surface area contributed by atoms with Crippen molar-refractivity contribution >= 4 is 22.6 Å². The van der Waals surface area contributed by atoms with E-state index < -0.39 is 0 Å². The first-order chi connectivity index (χ1) is 12.3. The molecule has 4 heteroatoms. The number of hydrogen-bond acceptors (Lipinski definition) is 3. The molecule has 0 saturated carbocycles. The molecule has 1 aliphatic heterocycles. The van der Waals surface area contributed by atoms with Crippen LogP contribution in [0.2, 0.25) is 0 Å². The van der Waals surface area contributed by atoms with Gasteiger partial charge in [-0.3, -0.25) is 4.79 Å². The van der Waals surface area contributed by atoms with Crippen molar-refractivity contribution < 1.29 is 4.79 Å². The number of piperidine rings is 1. The Bertz CT molecular complexity index is 794. The van der Waals surface area contributed by atoms with Crippen molar-refractivity contribution in [3.8, 4) is 0 Å². The van der Waals surface area contributed by atoms with Gasteiger partial charge in [-0.05, 0) is 43.2 Å². The first-order valence-electron chi connectivity index (χ1n) is 9.71. The summed E-state index contributed by atoms with van der Waals surface area (Å²) in [6.07, 6.45) is 2.44. The van der Waals surface area contributed by atoms with Gasteiger partial charge >= 0.3 is 0 Å². The number of amides is 1. The Labute approximate surface area is 157 Å². The minimum Gasteiger partial charge on any atom is -0.356 e. The van der Waals surface area contributed by atoms with Crippen LogP contribution in [0.4, 0.5) is 5.82 Å². The van der Waals surface area contributed by atoms with Crippen LogP contribution in [-0.4, -0.2) is 30.0 Å². The normalized spacial score (nSPS) is 19.4. The molecule has 26 heavy (non-hydrogen) atoms. The van der Waals surface area contributed by atoms with E-state index in [0.29, 0.717) is 5.92 Å². The maximum absolute atomic E-state index is 13.1. The number of fused-ring (bicyclic) bond motifs is 1. The van der Waals surface area contributed by atoms with Crippen molar-refractivity contribution in [1.29, 1.82) is 0 Å². The lowest BCUT2D eigenvalue weighted by Crippen LogP contribution is -2.41. The topological polar surface area (TPSA) is 45.2 Å². The van der Waals surface area contributed by atoms with Crippen molar-refractivity contribution in [2.45, 2.75) is 53.5 Å². The van der Waals surface area contributed by atoms with Crippen molar-refractivity contribution in [3.63, 3.8) is 0 Å². The number of rotatable bonds is 3. The zero-order valence-corrected chi connectivity index (χ0v) is 16.7. The smallest absolute Gasteiger partial charge is 0.252 e. The molecule has 2 atom stereocenters. The molecule has 140 valence electrons. The van der Waals surface area contributed by atoms with Gasteiger partial charge in [0.1, 0.15) is 5.82 Å². The summed E-state index contributed by atoms with van der Waals surface area (Å²) in [7, 11) is 0. The molecular formula is C22H31N3O. The molecule has 1 aliphatic rings. The molecule has 0 radical (unpaired) electrons. The maximum atomic E-state index is 13.1. The third-order valence-electron chi connectivity index (χ3n) is 5.57. The van der Waals surface area contributed by atoms with E-state index in [9.17, 15) is 4.79 Å². The second-order valence-electron chi connectivity index (χ2n) is 8.80. The number of anilines is 1. The second-order valence-corrected chi connectivity index (χ2v) is 8.80. The Morgan fingerprint density at radius 3 is 2.73 bits per heavy atom. The summed E-state index contributed by atoms with van der Waals surface area (Å²) in [5, 5.41) is 4.10. The van der Waals surface area contributed by atoms with Gasteiger partial charge in [0.25, 0.3) is 5.91 Å². The fourth-order valence-electron chi connectivity index (χ4n) is 3.40. The number of hydrogen-bond donors (Lipinski definition) is 1. The van der Waals surface area contributed by atoms with Crippen LogP contribution in [0.15, 0.2) is 30.3 Å². The van der Waals surface area contributed by atoms with Crippen LogP contribution in [0.5, 0.6) is 0 Å². The van der Waals surface area contributed by atoms with Gasteiger partial charge in [-0.15, -0.1) is 0 Å². The van der Waals surface area contributed by atoms with Gasteiger partial charge in [0.05, 0.1) is 11.1 Å². The van der Waals surface area contributed by atoms with Crippen molar-refractivity contribution in [2.75, 3.05) is 18.0 Å². The van der Waals surface area contributed by atoms with Crippen LogP contribution < -0.4 is 10.2 Å². The third kappa shape index (κ3) is 4.00. The zero-order valence-electron chi connectivity index (χ0n) is 16.7. The Hall–Kier alpha value is -2.10. The highest BCUT2D eigenvalue weighted by Gasteiger charge is 2.24. The van der Waals surface area contributed by atoms with E-state index in [0.717, 1.165) is 35.4 Å². The lowest BCUT2D eigenvalue weighted by Gasteiger charge is -2.32. The lowest BCUT2D eigenvalue weighted by atomic mass is 9.88. The van der Waals surface area contributed by atoms with E-state index in [1.165, 1.54) is 12.8 Å². The average molecular weight is 354 g/mol. The highest BCUT2D eigenvalue weighted by atomic mass is 16.1. The molecule has 0 aliphatic carbocycles. The lowest BCUT2D eigenvalue weighted by molar-refractivity contribution is 0.0912. The number of carbonyl (C=O) groups excluding carboxylic acids is 1. The first kappa shape index (κ1) is 18.7. The molecule has 1 fully saturated rings. The molecule has 0 unspecified atom stereocenters. The summed E-state index contributed by atoms with van der Waals surface area (Å²) in [6.45, 7) is 12.8. The highest BCUT2D eigenvalue weighted by molar-refractivity contribution is 6.07. The van der Waals surface area contributed by atoms with E-state index >= 15 is 0 Å². The molecule has 2 aromatic rings. The Morgan fingerprint density at radius 2 is 2.04 bits per heavy atom. The van der Waals surface area contributed by atoms with Gasteiger partial charge in [-0.1, -0.05) is 45.9 Å². The molecule has 1 amide bonds. The van der Waals surface area contributed by atoms with E-state index in [-0.39, 0.29) is 17.4 Å². The fraction of sp³-hybridized carbons (Fsp3) is 0.545. The molecule has 3 rings (SSSR count). The molecule has 2 heterocycles. The van der Waals surface area contributed by atoms with E-state index in [1.54, 1.807) is 0 Å². The van der Waals surface area contributed by atoms with Crippen LogP contribution in [-0.2, 0) is 0 Å². The molecule has 1 saturated heterocycles. The van der Waals surface area contributed by atoms with Crippen molar-refractivity contribution in [2.24, 2.45) is 11.3 Å². The van der Waals surface area contributed by atoms with Gasteiger partial charge in [-0.2, -0.15) is 0 Å². The monoisotopic (exact) mass is 353 g/mol. The van der Waals surface area contributed by atoms with Crippen molar-refractivity contribution in [3.05, 3.63) is 35.9 Å². The summed E-state index contributed by atoms with van der Waals surface area (Å²) < 4.78 is 0. The number of benzene rings is 1. The summed E-state index contributed by atoms with van der Waals surface area (Å²) in [5.74, 6) is 1.57. The largest absolute Gasteiger partial charge is 0.356 e. The minimum atomic E-state index is -0.0164. The average Bonchev–Trinajstić information content (AvgIpc) is 2.59. The van der Waals surface area contributed by atoms with Gasteiger partial charge in [-0.25, -0.2) is 4.98 Å². The van der Waals surface area contributed by atoms with E-state index in [1.807, 2.05) is 30.3 Å². The highest BCUT2D eigenvalue weighted by Crippen LogP contribution is 2.27. The molecule has 0 bridgehead atoms. The first-order valence-corrected chi connectivity index (χ1v) is 9.71. The van der Waals surface area contributed by atoms with Gasteiger partial charge in [0, 0.05) is 24.5 Å². The standard InChI is InChI=1S/C22H31N3O/c1-15-9-8-12-25(14-15)20-13-18(17-10-6-7-11-19(17)24-20)21(26)23-16(2)22(3,4)5/h6-7,10-11,13,15-16H,8-9,12,14H2,1-5H3,(H,23,26)/t15-,16-/m0/s1. The zero-order chi connectivity index (χ0) is 18.9. The molecule has 4 nitrogen and oxygen atoms in total. The number of aromatic nitrogens is 1. The molecule has 0 spiro atoms. The van der Waals surface area contributed by atoms with Crippen LogP contribution in [0.3, 0.4) is 0 Å². The predicted octanol–water partition coefficient (Wildman–Crippen LogP) is 4.64. The van der Waals surface area contributed by atoms with Gasteiger partial charge in [0.2, 0.25) is 0 Å². The summed E-state index contributed by atoms with van der Waals surface area (Å²) in [6, 6.07) is 10.00. The number of carbonyl (C=O) groups is 1. The summed E-state index contributed by atoms with van der Waals surface area (Å²) >= 11 is 0. The van der Waals surface area contributed by atoms with Gasteiger partial charge < -0.3 is 10.2 Å². The summed E-state index contributed by atoms with van der Waals surface area (Å²) in [5.41, 5.74) is 1.63. The number of pyridine rings is 1. The second kappa shape index (κ2) is 7.26. The van der Waals surface area contributed by atoms with Crippen LogP contribution in [0.25, 0.3) is 10.9 Å².